The zero-order valence-corrected chi connectivity index (χ0v) is 12.6. The molecule has 0 aliphatic heterocycles. The van der Waals surface area contributed by atoms with Crippen LogP contribution in [0.4, 0.5) is 0 Å². The fourth-order valence-corrected chi connectivity index (χ4v) is 3.87. The highest BCUT2D eigenvalue weighted by Gasteiger charge is 2.38. The lowest BCUT2D eigenvalue weighted by Gasteiger charge is -2.46. The van der Waals surface area contributed by atoms with Crippen molar-refractivity contribution in [3.05, 3.63) is 0 Å². The molecule has 1 N–H and O–H groups in total. The Balaban J connectivity index is 2.73. The molecule has 0 heterocycles. The summed E-state index contributed by atoms with van der Waals surface area (Å²) in [6.45, 7) is 4.67. The van der Waals surface area contributed by atoms with Crippen LogP contribution in [0.15, 0.2) is 0 Å². The molecule has 2 heteroatoms. The second-order valence-corrected chi connectivity index (χ2v) is 5.93. The normalized spacial score (nSPS) is 20.1. The maximum Gasteiger partial charge on any atom is 0.0351 e. The van der Waals surface area contributed by atoms with Crippen molar-refractivity contribution in [2.24, 2.45) is 5.92 Å². The van der Waals surface area contributed by atoms with E-state index in [-0.39, 0.29) is 0 Å². The number of likely N-dealkylation sites (N-methyl/N-ethyl adjacent to an activating group) is 2. The fourth-order valence-electron chi connectivity index (χ4n) is 3.87. The van der Waals surface area contributed by atoms with Gasteiger partial charge in [0.25, 0.3) is 0 Å². The molecule has 1 aliphatic rings. The summed E-state index contributed by atoms with van der Waals surface area (Å²) in [4.78, 5) is 2.45. The quantitative estimate of drug-likeness (QED) is 0.735. The van der Waals surface area contributed by atoms with Gasteiger partial charge in [0.1, 0.15) is 0 Å². The molecule has 1 fully saturated rings. The van der Waals surface area contributed by atoms with Crippen LogP contribution < -0.4 is 5.32 Å². The first-order chi connectivity index (χ1) is 8.10. The molecule has 0 saturated heterocycles. The molecule has 1 unspecified atom stereocenters. The van der Waals surface area contributed by atoms with Crippen LogP contribution in [0.3, 0.4) is 0 Å². The molecule has 0 amide bonds. The zero-order chi connectivity index (χ0) is 12.9. The standard InChI is InChI=1S/C15H32N2/c1-6-15(7-2,17(4)5)14(16-3)12-13-10-8-9-11-13/h13-14,16H,6-12H2,1-5H3. The van der Waals surface area contributed by atoms with Gasteiger partial charge >= 0.3 is 0 Å². The lowest BCUT2D eigenvalue weighted by molar-refractivity contribution is 0.0797. The lowest BCUT2D eigenvalue weighted by Crippen LogP contribution is -2.58. The van der Waals surface area contributed by atoms with Gasteiger partial charge in [-0.1, -0.05) is 39.5 Å². The number of rotatable bonds is 7. The molecule has 0 bridgehead atoms. The summed E-state index contributed by atoms with van der Waals surface area (Å²) in [5, 5.41) is 3.61. The van der Waals surface area contributed by atoms with Crippen LogP contribution in [0.2, 0.25) is 0 Å². The third-order valence-electron chi connectivity index (χ3n) is 5.16. The number of hydrogen-bond acceptors (Lipinski definition) is 2. The van der Waals surface area contributed by atoms with E-state index in [1.165, 1.54) is 44.9 Å². The molecule has 1 rings (SSSR count). The van der Waals surface area contributed by atoms with Crippen LogP contribution in [0.1, 0.15) is 58.8 Å². The highest BCUT2D eigenvalue weighted by molar-refractivity contribution is 4.97. The van der Waals surface area contributed by atoms with Gasteiger partial charge in [-0.2, -0.15) is 0 Å². The Bertz CT molecular complexity index is 203. The Morgan fingerprint density at radius 1 is 1.18 bits per heavy atom. The Morgan fingerprint density at radius 3 is 2.06 bits per heavy atom. The van der Waals surface area contributed by atoms with Crippen molar-refractivity contribution in [1.82, 2.24) is 10.2 Å². The lowest BCUT2D eigenvalue weighted by atomic mass is 9.78. The Morgan fingerprint density at radius 2 is 1.71 bits per heavy atom. The van der Waals surface area contributed by atoms with E-state index in [1.807, 2.05) is 0 Å². The summed E-state index contributed by atoms with van der Waals surface area (Å²) in [5.74, 6) is 0.963. The maximum atomic E-state index is 3.61. The van der Waals surface area contributed by atoms with Gasteiger partial charge in [0.15, 0.2) is 0 Å². The van der Waals surface area contributed by atoms with E-state index in [1.54, 1.807) is 0 Å². The van der Waals surface area contributed by atoms with Crippen LogP contribution in [0.25, 0.3) is 0 Å². The molecule has 0 radical (unpaired) electrons. The molecule has 0 aromatic carbocycles. The third-order valence-corrected chi connectivity index (χ3v) is 5.16. The van der Waals surface area contributed by atoms with E-state index in [2.05, 4.69) is 45.2 Å². The highest BCUT2D eigenvalue weighted by atomic mass is 15.2. The third kappa shape index (κ3) is 3.23. The number of hydrogen-bond donors (Lipinski definition) is 1. The smallest absolute Gasteiger partial charge is 0.0351 e. The van der Waals surface area contributed by atoms with Gasteiger partial charge in [-0.05, 0) is 46.3 Å². The number of nitrogens with one attached hydrogen (secondary N) is 1. The Kier molecular flexibility index (Phi) is 5.94. The molecule has 2 nitrogen and oxygen atoms in total. The molecular weight excluding hydrogens is 208 g/mol. The van der Waals surface area contributed by atoms with Crippen LogP contribution in [0, 0.1) is 5.92 Å². The van der Waals surface area contributed by atoms with Crippen molar-refractivity contribution in [2.45, 2.75) is 70.4 Å². The van der Waals surface area contributed by atoms with E-state index in [9.17, 15) is 0 Å². The highest BCUT2D eigenvalue weighted by Crippen LogP contribution is 2.34. The molecule has 0 aromatic heterocycles. The van der Waals surface area contributed by atoms with Crippen molar-refractivity contribution in [2.75, 3.05) is 21.1 Å². The summed E-state index contributed by atoms with van der Waals surface area (Å²) < 4.78 is 0. The molecule has 0 spiro atoms. The summed E-state index contributed by atoms with van der Waals surface area (Å²) in [7, 11) is 6.63. The van der Waals surface area contributed by atoms with Crippen LogP contribution in [-0.4, -0.2) is 37.6 Å². The predicted octanol–water partition coefficient (Wildman–Crippen LogP) is 3.28. The van der Waals surface area contributed by atoms with Crippen molar-refractivity contribution >= 4 is 0 Å². The summed E-state index contributed by atoms with van der Waals surface area (Å²) in [5.41, 5.74) is 0.331. The summed E-state index contributed by atoms with van der Waals surface area (Å²) in [6.07, 6.45) is 9.63. The molecule has 17 heavy (non-hydrogen) atoms. The predicted molar refractivity (Wildman–Crippen MR) is 76.4 cm³/mol. The second kappa shape index (κ2) is 6.75. The van der Waals surface area contributed by atoms with E-state index in [0.717, 1.165) is 5.92 Å². The Hall–Kier alpha value is -0.0800. The average molecular weight is 240 g/mol. The van der Waals surface area contributed by atoms with Gasteiger partial charge in [-0.25, -0.2) is 0 Å². The van der Waals surface area contributed by atoms with E-state index < -0.39 is 0 Å². The molecule has 1 aliphatic carbocycles. The minimum atomic E-state index is 0.331. The molecule has 1 atom stereocenters. The maximum absolute atomic E-state index is 3.61. The molecule has 0 aromatic rings. The summed E-state index contributed by atoms with van der Waals surface area (Å²) in [6, 6.07) is 0.635. The average Bonchev–Trinajstić information content (AvgIpc) is 2.82. The number of nitrogens with zero attached hydrogens (tertiary/aromatic N) is 1. The van der Waals surface area contributed by atoms with Gasteiger partial charge in [0.2, 0.25) is 0 Å². The van der Waals surface area contributed by atoms with Gasteiger partial charge in [0, 0.05) is 11.6 Å². The van der Waals surface area contributed by atoms with Crippen molar-refractivity contribution in [3.63, 3.8) is 0 Å². The first-order valence-electron chi connectivity index (χ1n) is 7.45. The topological polar surface area (TPSA) is 15.3 Å². The van der Waals surface area contributed by atoms with E-state index >= 15 is 0 Å². The fraction of sp³-hybridized carbons (Fsp3) is 1.00. The van der Waals surface area contributed by atoms with Gasteiger partial charge in [-0.15, -0.1) is 0 Å². The van der Waals surface area contributed by atoms with Crippen molar-refractivity contribution < 1.29 is 0 Å². The molecular formula is C15H32N2. The van der Waals surface area contributed by atoms with Gasteiger partial charge in [-0.3, -0.25) is 0 Å². The molecule has 102 valence electrons. The minimum absolute atomic E-state index is 0.331. The molecule has 1 saturated carbocycles. The SMILES string of the molecule is CCC(CC)(C(CC1CCCC1)NC)N(C)C. The van der Waals surface area contributed by atoms with Crippen molar-refractivity contribution in [1.29, 1.82) is 0 Å². The monoisotopic (exact) mass is 240 g/mol. The van der Waals surface area contributed by atoms with Crippen LogP contribution >= 0.6 is 0 Å². The largest absolute Gasteiger partial charge is 0.315 e. The Labute approximate surface area is 108 Å². The first kappa shape index (κ1) is 15.0. The second-order valence-electron chi connectivity index (χ2n) is 5.93. The zero-order valence-electron chi connectivity index (χ0n) is 12.6. The van der Waals surface area contributed by atoms with Crippen LogP contribution in [-0.2, 0) is 0 Å². The first-order valence-corrected chi connectivity index (χ1v) is 7.45. The van der Waals surface area contributed by atoms with Gasteiger partial charge in [0.05, 0.1) is 0 Å². The van der Waals surface area contributed by atoms with Crippen LogP contribution in [0.5, 0.6) is 0 Å². The van der Waals surface area contributed by atoms with Gasteiger partial charge < -0.3 is 10.2 Å². The van der Waals surface area contributed by atoms with E-state index in [0.29, 0.717) is 11.6 Å². The minimum Gasteiger partial charge on any atom is -0.315 e. The van der Waals surface area contributed by atoms with E-state index in [4.69, 9.17) is 0 Å². The van der Waals surface area contributed by atoms with Crippen molar-refractivity contribution in [3.8, 4) is 0 Å². The summed E-state index contributed by atoms with van der Waals surface area (Å²) >= 11 is 0.